The molecule has 1 rings (SSSR count). The molecule has 0 aliphatic rings. The average molecular weight is 246 g/mol. The van der Waals surface area contributed by atoms with E-state index in [-0.39, 0.29) is 0 Å². The maximum absolute atomic E-state index is 9.86. The van der Waals surface area contributed by atoms with Crippen molar-refractivity contribution < 1.29 is 5.11 Å². The van der Waals surface area contributed by atoms with Crippen LogP contribution < -0.4 is 0 Å². The molecule has 18 heavy (non-hydrogen) atoms. The molecule has 0 amide bonds. The van der Waals surface area contributed by atoms with Crippen LogP contribution in [-0.2, 0) is 6.42 Å². The van der Waals surface area contributed by atoms with E-state index in [4.69, 9.17) is 0 Å². The molecule has 1 aromatic rings. The molecule has 0 aliphatic heterocycles. The van der Waals surface area contributed by atoms with E-state index in [1.54, 1.807) is 0 Å². The lowest BCUT2D eigenvalue weighted by molar-refractivity contribution is 0.216. The van der Waals surface area contributed by atoms with Gasteiger partial charge in [-0.1, -0.05) is 63.5 Å². The fraction of sp³-hybridized carbons (Fsp3) is 0.529. The Morgan fingerprint density at radius 2 is 1.72 bits per heavy atom. The smallest absolute Gasteiger partial charge is 0.0995 e. The van der Waals surface area contributed by atoms with Gasteiger partial charge in [0, 0.05) is 0 Å². The first-order chi connectivity index (χ1) is 8.65. The second kappa shape index (κ2) is 8.10. The lowest BCUT2D eigenvalue weighted by Gasteiger charge is -2.11. The molecule has 1 nitrogen and oxygen atoms in total. The van der Waals surface area contributed by atoms with E-state index in [0.29, 0.717) is 0 Å². The minimum absolute atomic E-state index is 0.524. The molecule has 0 saturated carbocycles. The van der Waals surface area contributed by atoms with Crippen molar-refractivity contribution in [3.8, 4) is 0 Å². The monoisotopic (exact) mass is 246 g/mol. The van der Waals surface area contributed by atoms with Gasteiger partial charge in [-0.15, -0.1) is 0 Å². The molecule has 0 aromatic heterocycles. The summed E-state index contributed by atoms with van der Waals surface area (Å²) in [7, 11) is 0. The second-order valence-electron chi connectivity index (χ2n) is 5.15. The number of aliphatic hydroxyl groups is 1. The number of hydrogen-bond acceptors (Lipinski definition) is 1. The summed E-state index contributed by atoms with van der Waals surface area (Å²) < 4.78 is 0. The zero-order valence-corrected chi connectivity index (χ0v) is 11.8. The minimum Gasteiger partial charge on any atom is -0.384 e. The van der Waals surface area contributed by atoms with Crippen molar-refractivity contribution in [1.29, 1.82) is 0 Å². The van der Waals surface area contributed by atoms with E-state index >= 15 is 0 Å². The van der Waals surface area contributed by atoms with Crippen LogP contribution in [0.5, 0.6) is 0 Å². The van der Waals surface area contributed by atoms with E-state index in [1.807, 2.05) is 19.1 Å². The Hall–Kier alpha value is -1.08. The van der Waals surface area contributed by atoms with Crippen molar-refractivity contribution in [2.75, 3.05) is 0 Å². The number of rotatable bonds is 8. The third-order valence-corrected chi connectivity index (χ3v) is 3.33. The molecule has 1 aromatic carbocycles. The average Bonchev–Trinajstić information content (AvgIpc) is 2.38. The molecule has 1 atom stereocenters. The van der Waals surface area contributed by atoms with Crippen molar-refractivity contribution in [3.05, 3.63) is 47.5 Å². The quantitative estimate of drug-likeness (QED) is 0.515. The first-order valence-electron chi connectivity index (χ1n) is 7.07. The maximum atomic E-state index is 9.86. The van der Waals surface area contributed by atoms with Crippen LogP contribution in [0, 0.1) is 0 Å². The zero-order valence-electron chi connectivity index (χ0n) is 11.8. The lowest BCUT2D eigenvalue weighted by atomic mass is 10.00. The normalized spacial score (nSPS) is 12.4. The van der Waals surface area contributed by atoms with Crippen molar-refractivity contribution in [3.63, 3.8) is 0 Å². The van der Waals surface area contributed by atoms with Crippen LogP contribution in [0.25, 0.3) is 0 Å². The Morgan fingerprint density at radius 3 is 2.28 bits per heavy atom. The van der Waals surface area contributed by atoms with E-state index in [2.05, 4.69) is 25.6 Å². The molecule has 1 N–H and O–H groups in total. The van der Waals surface area contributed by atoms with E-state index in [0.717, 1.165) is 17.6 Å². The summed E-state index contributed by atoms with van der Waals surface area (Å²) in [4.78, 5) is 0. The van der Waals surface area contributed by atoms with Crippen LogP contribution in [0.15, 0.2) is 36.4 Å². The fourth-order valence-electron chi connectivity index (χ4n) is 2.08. The Bertz CT molecular complexity index is 350. The van der Waals surface area contributed by atoms with Gasteiger partial charge in [0.15, 0.2) is 0 Å². The Labute approximate surface area is 112 Å². The molecule has 1 heteroatoms. The van der Waals surface area contributed by atoms with Gasteiger partial charge in [-0.2, -0.15) is 0 Å². The first kappa shape index (κ1) is 15.0. The van der Waals surface area contributed by atoms with Crippen LogP contribution in [-0.4, -0.2) is 5.11 Å². The first-order valence-corrected chi connectivity index (χ1v) is 7.07. The van der Waals surface area contributed by atoms with Gasteiger partial charge in [0.2, 0.25) is 0 Å². The van der Waals surface area contributed by atoms with Crippen LogP contribution in [0.3, 0.4) is 0 Å². The highest BCUT2D eigenvalue weighted by molar-refractivity contribution is 5.28. The lowest BCUT2D eigenvalue weighted by Crippen LogP contribution is -1.98. The third-order valence-electron chi connectivity index (χ3n) is 3.33. The van der Waals surface area contributed by atoms with Crippen molar-refractivity contribution in [2.45, 2.75) is 58.5 Å². The molecule has 0 unspecified atom stereocenters. The summed E-state index contributed by atoms with van der Waals surface area (Å²) in [6.07, 6.45) is 7.21. The van der Waals surface area contributed by atoms with Crippen LogP contribution >= 0.6 is 0 Å². The van der Waals surface area contributed by atoms with Gasteiger partial charge in [0.05, 0.1) is 6.10 Å². The second-order valence-corrected chi connectivity index (χ2v) is 5.15. The van der Waals surface area contributed by atoms with Crippen molar-refractivity contribution in [2.24, 2.45) is 0 Å². The number of hydrogen-bond donors (Lipinski definition) is 1. The Kier molecular flexibility index (Phi) is 6.74. The maximum Gasteiger partial charge on any atom is 0.0995 e. The molecular weight excluding hydrogens is 220 g/mol. The largest absolute Gasteiger partial charge is 0.384 e. The summed E-state index contributed by atoms with van der Waals surface area (Å²) in [6.45, 7) is 7.88. The Balaban J connectivity index is 2.38. The molecule has 0 aliphatic carbocycles. The highest BCUT2D eigenvalue weighted by Gasteiger charge is 2.07. The third kappa shape index (κ3) is 5.05. The van der Waals surface area contributed by atoms with Gasteiger partial charge in [0.1, 0.15) is 0 Å². The minimum atomic E-state index is -0.524. The molecule has 100 valence electrons. The predicted molar refractivity (Wildman–Crippen MR) is 78.7 cm³/mol. The summed E-state index contributed by atoms with van der Waals surface area (Å²) in [5, 5.41) is 9.86. The molecule has 0 fully saturated rings. The molecule has 0 heterocycles. The number of unbranched alkanes of at least 4 members (excludes halogenated alkanes) is 4. The zero-order chi connectivity index (χ0) is 13.4. The summed E-state index contributed by atoms with van der Waals surface area (Å²) >= 11 is 0. The summed E-state index contributed by atoms with van der Waals surface area (Å²) in [6, 6.07) is 8.28. The molecule has 0 radical (unpaired) electrons. The number of benzene rings is 1. The summed E-state index contributed by atoms with van der Waals surface area (Å²) in [5.74, 6) is 0. The van der Waals surface area contributed by atoms with Crippen LogP contribution in [0.1, 0.15) is 63.2 Å². The standard InChI is InChI=1S/C17H26O/c1-4-5-6-7-8-9-15-10-12-16(13-11-15)17(18)14(2)3/h10-13,17-18H,2,4-9H2,1,3H3/t17-/m0/s1. The topological polar surface area (TPSA) is 20.2 Å². The van der Waals surface area contributed by atoms with E-state index in [9.17, 15) is 5.11 Å². The highest BCUT2D eigenvalue weighted by Crippen LogP contribution is 2.20. The van der Waals surface area contributed by atoms with E-state index < -0.39 is 6.10 Å². The highest BCUT2D eigenvalue weighted by atomic mass is 16.3. The van der Waals surface area contributed by atoms with Gasteiger partial charge in [-0.3, -0.25) is 0 Å². The van der Waals surface area contributed by atoms with Gasteiger partial charge in [-0.05, 0) is 36.5 Å². The molecule has 0 spiro atoms. The van der Waals surface area contributed by atoms with Crippen LogP contribution in [0.4, 0.5) is 0 Å². The number of aryl methyl sites for hydroxylation is 1. The van der Waals surface area contributed by atoms with E-state index in [1.165, 1.54) is 37.7 Å². The molecule has 0 bridgehead atoms. The fourth-order valence-corrected chi connectivity index (χ4v) is 2.08. The van der Waals surface area contributed by atoms with Gasteiger partial charge in [0.25, 0.3) is 0 Å². The summed E-state index contributed by atoms with van der Waals surface area (Å²) in [5.41, 5.74) is 3.10. The molecule has 0 saturated heterocycles. The van der Waals surface area contributed by atoms with Crippen molar-refractivity contribution >= 4 is 0 Å². The van der Waals surface area contributed by atoms with Gasteiger partial charge in [-0.25, -0.2) is 0 Å². The Morgan fingerprint density at radius 1 is 1.11 bits per heavy atom. The number of aliphatic hydroxyl groups excluding tert-OH is 1. The SMILES string of the molecule is C=C(C)[C@H](O)c1ccc(CCCCCCC)cc1. The molecular formula is C17H26O. The van der Waals surface area contributed by atoms with Gasteiger partial charge < -0.3 is 5.11 Å². The van der Waals surface area contributed by atoms with Crippen molar-refractivity contribution in [1.82, 2.24) is 0 Å². The van der Waals surface area contributed by atoms with Crippen LogP contribution in [0.2, 0.25) is 0 Å². The predicted octanol–water partition coefficient (Wildman–Crippen LogP) is 4.81. The van der Waals surface area contributed by atoms with Gasteiger partial charge >= 0.3 is 0 Å².